The van der Waals surface area contributed by atoms with Crippen LogP contribution < -0.4 is 15.9 Å². The molecule has 0 spiro atoms. The van der Waals surface area contributed by atoms with Crippen LogP contribution in [0.15, 0.2) is 4.79 Å². The minimum absolute atomic E-state index is 0.249. The van der Waals surface area contributed by atoms with Crippen molar-refractivity contribution in [3.63, 3.8) is 0 Å². The number of piperazine rings is 1. The highest BCUT2D eigenvalue weighted by Gasteiger charge is 2.17. The molecule has 2 heterocycles. The molecule has 1 aliphatic rings. The molecule has 0 aliphatic carbocycles. The second kappa shape index (κ2) is 3.21. The summed E-state index contributed by atoms with van der Waals surface area (Å²) in [7, 11) is 0. The maximum atomic E-state index is 10.8. The van der Waals surface area contributed by atoms with Gasteiger partial charge in [0.25, 0.3) is 0 Å². The lowest BCUT2D eigenvalue weighted by atomic mass is 10.2. The minimum Gasteiger partial charge on any atom is -0.338 e. The summed E-state index contributed by atoms with van der Waals surface area (Å²) >= 11 is 0. The van der Waals surface area contributed by atoms with Crippen molar-refractivity contribution in [2.75, 3.05) is 24.5 Å². The molecule has 1 atom stereocenters. The van der Waals surface area contributed by atoms with Crippen molar-refractivity contribution in [2.24, 2.45) is 0 Å². The quantitative estimate of drug-likeness (QED) is 0.516. The third kappa shape index (κ3) is 1.72. The molecule has 1 aromatic heterocycles. The first-order valence-corrected chi connectivity index (χ1v) is 4.39. The average Bonchev–Trinajstić information content (AvgIpc) is 2.52. The summed E-state index contributed by atoms with van der Waals surface area (Å²) < 4.78 is 0. The van der Waals surface area contributed by atoms with Crippen LogP contribution in [0.1, 0.15) is 6.92 Å². The summed E-state index contributed by atoms with van der Waals surface area (Å²) in [6.07, 6.45) is 0. The molecule has 6 nitrogen and oxygen atoms in total. The molecule has 3 N–H and O–H groups in total. The Morgan fingerprint density at radius 3 is 3.08 bits per heavy atom. The van der Waals surface area contributed by atoms with Crippen LogP contribution in [0.2, 0.25) is 0 Å². The Labute approximate surface area is 75.3 Å². The summed E-state index contributed by atoms with van der Waals surface area (Å²) in [6, 6.07) is 0.439. The van der Waals surface area contributed by atoms with E-state index in [2.05, 4.69) is 32.3 Å². The van der Waals surface area contributed by atoms with Crippen LogP contribution in [0.4, 0.5) is 5.95 Å². The van der Waals surface area contributed by atoms with Crippen molar-refractivity contribution in [1.82, 2.24) is 20.5 Å². The van der Waals surface area contributed by atoms with Crippen molar-refractivity contribution < 1.29 is 0 Å². The fourth-order valence-corrected chi connectivity index (χ4v) is 1.54. The van der Waals surface area contributed by atoms with Crippen molar-refractivity contribution in [1.29, 1.82) is 0 Å². The van der Waals surface area contributed by atoms with Crippen molar-refractivity contribution in [2.45, 2.75) is 13.0 Å². The zero-order valence-electron chi connectivity index (χ0n) is 7.50. The lowest BCUT2D eigenvalue weighted by Gasteiger charge is -2.31. The lowest BCUT2D eigenvalue weighted by molar-refractivity contribution is 0.480. The number of aromatic nitrogens is 3. The van der Waals surface area contributed by atoms with E-state index in [1.165, 1.54) is 0 Å². The number of hydrogen-bond donors (Lipinski definition) is 3. The molecule has 1 fully saturated rings. The Balaban J connectivity index is 2.12. The molecule has 13 heavy (non-hydrogen) atoms. The second-order valence-electron chi connectivity index (χ2n) is 3.30. The van der Waals surface area contributed by atoms with Crippen molar-refractivity contribution in [3.05, 3.63) is 10.5 Å². The first-order chi connectivity index (χ1) is 6.25. The van der Waals surface area contributed by atoms with E-state index in [0.717, 1.165) is 19.6 Å². The molecule has 1 saturated heterocycles. The molecule has 0 bridgehead atoms. The van der Waals surface area contributed by atoms with Gasteiger partial charge in [-0.15, -0.1) is 5.10 Å². The summed E-state index contributed by atoms with van der Waals surface area (Å²) in [5, 5.41) is 9.55. The molecule has 0 radical (unpaired) electrons. The molecule has 0 aromatic carbocycles. The zero-order chi connectivity index (χ0) is 9.26. The van der Waals surface area contributed by atoms with Gasteiger partial charge in [-0.1, -0.05) is 0 Å². The zero-order valence-corrected chi connectivity index (χ0v) is 7.50. The maximum Gasteiger partial charge on any atom is 0.342 e. The highest BCUT2D eigenvalue weighted by atomic mass is 16.1. The maximum absolute atomic E-state index is 10.8. The molecular weight excluding hydrogens is 170 g/mol. The third-order valence-corrected chi connectivity index (χ3v) is 2.16. The predicted molar refractivity (Wildman–Crippen MR) is 48.9 cm³/mol. The van der Waals surface area contributed by atoms with E-state index in [9.17, 15) is 4.79 Å². The van der Waals surface area contributed by atoms with Crippen LogP contribution in [0.25, 0.3) is 0 Å². The molecule has 2 rings (SSSR count). The number of hydrogen-bond acceptors (Lipinski definition) is 4. The van der Waals surface area contributed by atoms with Gasteiger partial charge in [0.15, 0.2) is 0 Å². The standard InChI is InChI=1S/C7H13N5O/c1-5-4-12(3-2-8-5)6-9-7(13)11-10-6/h5,8H,2-4H2,1H3,(H2,9,10,11,13). The topological polar surface area (TPSA) is 76.8 Å². The van der Waals surface area contributed by atoms with E-state index in [1.807, 2.05) is 0 Å². The van der Waals surface area contributed by atoms with E-state index in [1.54, 1.807) is 0 Å². The van der Waals surface area contributed by atoms with Crippen LogP contribution in [-0.2, 0) is 0 Å². The number of H-pyrrole nitrogens is 2. The first-order valence-electron chi connectivity index (χ1n) is 4.39. The van der Waals surface area contributed by atoms with Crippen molar-refractivity contribution >= 4 is 5.95 Å². The Hall–Kier alpha value is -1.30. The normalized spacial score (nSPS) is 23.5. The van der Waals surface area contributed by atoms with Gasteiger partial charge in [0.2, 0.25) is 5.95 Å². The van der Waals surface area contributed by atoms with Crippen LogP contribution in [0.5, 0.6) is 0 Å². The molecule has 1 aromatic rings. The van der Waals surface area contributed by atoms with Gasteiger partial charge >= 0.3 is 5.69 Å². The minimum atomic E-state index is -0.249. The number of nitrogens with zero attached hydrogens (tertiary/aromatic N) is 2. The molecule has 6 heteroatoms. The fraction of sp³-hybridized carbons (Fsp3) is 0.714. The number of rotatable bonds is 1. The van der Waals surface area contributed by atoms with Crippen LogP contribution in [0, 0.1) is 0 Å². The molecule has 1 unspecified atom stereocenters. The first kappa shape index (κ1) is 8.31. The van der Waals surface area contributed by atoms with Gasteiger partial charge < -0.3 is 10.2 Å². The van der Waals surface area contributed by atoms with Gasteiger partial charge in [0.1, 0.15) is 0 Å². The largest absolute Gasteiger partial charge is 0.342 e. The Bertz CT molecular complexity index is 330. The Morgan fingerprint density at radius 1 is 1.62 bits per heavy atom. The van der Waals surface area contributed by atoms with E-state index in [4.69, 9.17) is 0 Å². The van der Waals surface area contributed by atoms with E-state index in [0.29, 0.717) is 12.0 Å². The van der Waals surface area contributed by atoms with Gasteiger partial charge in [-0.3, -0.25) is 4.98 Å². The van der Waals surface area contributed by atoms with E-state index >= 15 is 0 Å². The molecule has 1 aliphatic heterocycles. The van der Waals surface area contributed by atoms with Gasteiger partial charge in [-0.05, 0) is 6.92 Å². The SMILES string of the molecule is CC1CN(c2n[nH]c(=O)[nH]2)CCN1. The highest BCUT2D eigenvalue weighted by molar-refractivity contribution is 5.28. The van der Waals surface area contributed by atoms with E-state index in [-0.39, 0.29) is 5.69 Å². The predicted octanol–water partition coefficient (Wildman–Crippen LogP) is -1.10. The highest BCUT2D eigenvalue weighted by Crippen LogP contribution is 2.06. The van der Waals surface area contributed by atoms with Gasteiger partial charge in [-0.25, -0.2) is 9.89 Å². The lowest BCUT2D eigenvalue weighted by Crippen LogP contribution is -2.49. The van der Waals surface area contributed by atoms with Crippen LogP contribution in [-0.4, -0.2) is 40.9 Å². The number of nitrogens with one attached hydrogen (secondary N) is 3. The number of anilines is 1. The molecule has 0 saturated carbocycles. The Morgan fingerprint density at radius 2 is 2.46 bits per heavy atom. The monoisotopic (exact) mass is 183 g/mol. The third-order valence-electron chi connectivity index (χ3n) is 2.16. The van der Waals surface area contributed by atoms with Gasteiger partial charge in [-0.2, -0.15) is 0 Å². The van der Waals surface area contributed by atoms with Crippen LogP contribution in [0.3, 0.4) is 0 Å². The van der Waals surface area contributed by atoms with E-state index < -0.39 is 0 Å². The van der Waals surface area contributed by atoms with Crippen molar-refractivity contribution in [3.8, 4) is 0 Å². The summed E-state index contributed by atoms with van der Waals surface area (Å²) in [5.74, 6) is 0.637. The number of aromatic amines is 2. The average molecular weight is 183 g/mol. The van der Waals surface area contributed by atoms with Crippen LogP contribution >= 0.6 is 0 Å². The summed E-state index contributed by atoms with van der Waals surface area (Å²) in [5.41, 5.74) is -0.249. The summed E-state index contributed by atoms with van der Waals surface area (Å²) in [4.78, 5) is 15.5. The molecule has 0 amide bonds. The Kier molecular flexibility index (Phi) is 2.05. The van der Waals surface area contributed by atoms with Gasteiger partial charge in [0.05, 0.1) is 0 Å². The fourth-order valence-electron chi connectivity index (χ4n) is 1.54. The smallest absolute Gasteiger partial charge is 0.338 e. The summed E-state index contributed by atoms with van der Waals surface area (Å²) in [6.45, 7) is 4.79. The second-order valence-corrected chi connectivity index (χ2v) is 3.30. The van der Waals surface area contributed by atoms with Gasteiger partial charge in [0, 0.05) is 25.7 Å². The molecular formula is C7H13N5O. The molecule has 72 valence electrons.